The maximum absolute atomic E-state index is 12.8. The van der Waals surface area contributed by atoms with Gasteiger partial charge in [0.05, 0.1) is 6.42 Å². The number of hydrogen-bond acceptors (Lipinski definition) is 4. The first-order valence-electron chi connectivity index (χ1n) is 8.75. The fourth-order valence-electron chi connectivity index (χ4n) is 3.62. The summed E-state index contributed by atoms with van der Waals surface area (Å²) in [6.07, 6.45) is 4.33. The standard InChI is InChI=1S/C19H22N4O2/c1-12-5-6-16-15(10-20-17(16)8-12)9-18(24)23-7-3-4-14(11-23)19-21-13(2)25-22-19/h5-6,8,10,14,20H,3-4,7,9,11H2,1-2H3/t14-/m0/s1. The molecule has 1 amide bonds. The predicted octanol–water partition coefficient (Wildman–Crippen LogP) is 3.12. The molecule has 130 valence electrons. The van der Waals surface area contributed by atoms with Crippen LogP contribution in [-0.4, -0.2) is 39.0 Å². The average Bonchev–Trinajstić information content (AvgIpc) is 3.21. The van der Waals surface area contributed by atoms with Gasteiger partial charge in [-0.05, 0) is 37.0 Å². The van der Waals surface area contributed by atoms with Crippen molar-refractivity contribution in [3.63, 3.8) is 0 Å². The van der Waals surface area contributed by atoms with E-state index in [4.69, 9.17) is 4.52 Å². The number of carbonyl (C=O) groups is 1. The smallest absolute Gasteiger partial charge is 0.227 e. The number of aromatic amines is 1. The maximum atomic E-state index is 12.8. The summed E-state index contributed by atoms with van der Waals surface area (Å²) in [4.78, 5) is 22.3. The third-order valence-corrected chi connectivity index (χ3v) is 4.95. The third kappa shape index (κ3) is 3.16. The molecule has 1 N–H and O–H groups in total. The molecule has 2 aromatic heterocycles. The normalized spacial score (nSPS) is 18.0. The third-order valence-electron chi connectivity index (χ3n) is 4.95. The highest BCUT2D eigenvalue weighted by molar-refractivity contribution is 5.89. The van der Waals surface area contributed by atoms with Crippen LogP contribution >= 0.6 is 0 Å². The van der Waals surface area contributed by atoms with Gasteiger partial charge in [0.15, 0.2) is 5.82 Å². The van der Waals surface area contributed by atoms with Crippen LogP contribution < -0.4 is 0 Å². The van der Waals surface area contributed by atoms with Crippen LogP contribution in [0.15, 0.2) is 28.9 Å². The number of carbonyl (C=O) groups excluding carboxylic acids is 1. The second-order valence-corrected chi connectivity index (χ2v) is 6.89. The second kappa shape index (κ2) is 6.35. The Morgan fingerprint density at radius 3 is 3.08 bits per heavy atom. The molecule has 4 rings (SSSR count). The van der Waals surface area contributed by atoms with Gasteiger partial charge < -0.3 is 14.4 Å². The molecule has 1 aliphatic heterocycles. The van der Waals surface area contributed by atoms with E-state index in [0.717, 1.165) is 41.7 Å². The second-order valence-electron chi connectivity index (χ2n) is 6.89. The summed E-state index contributed by atoms with van der Waals surface area (Å²) in [5.41, 5.74) is 3.35. The molecule has 0 radical (unpaired) electrons. The zero-order valence-electron chi connectivity index (χ0n) is 14.6. The van der Waals surface area contributed by atoms with Gasteiger partial charge in [0.25, 0.3) is 0 Å². The lowest BCUT2D eigenvalue weighted by Gasteiger charge is -2.31. The van der Waals surface area contributed by atoms with Gasteiger partial charge in [-0.15, -0.1) is 0 Å². The number of rotatable bonds is 3. The number of aromatic nitrogens is 3. The van der Waals surface area contributed by atoms with Gasteiger partial charge in [0.1, 0.15) is 0 Å². The average molecular weight is 338 g/mol. The van der Waals surface area contributed by atoms with E-state index in [1.165, 1.54) is 5.56 Å². The first-order chi connectivity index (χ1) is 12.1. The summed E-state index contributed by atoms with van der Waals surface area (Å²) in [6.45, 7) is 5.33. The van der Waals surface area contributed by atoms with Crippen LogP contribution in [0.3, 0.4) is 0 Å². The van der Waals surface area contributed by atoms with E-state index in [9.17, 15) is 4.79 Å². The summed E-state index contributed by atoms with van der Waals surface area (Å²) in [5.74, 6) is 1.62. The molecular formula is C19H22N4O2. The monoisotopic (exact) mass is 338 g/mol. The lowest BCUT2D eigenvalue weighted by molar-refractivity contribution is -0.131. The number of benzene rings is 1. The Balaban J connectivity index is 1.48. The molecular weight excluding hydrogens is 316 g/mol. The van der Waals surface area contributed by atoms with E-state index in [2.05, 4.69) is 40.2 Å². The minimum Gasteiger partial charge on any atom is -0.361 e. The lowest BCUT2D eigenvalue weighted by atomic mass is 9.96. The molecule has 0 spiro atoms. The largest absolute Gasteiger partial charge is 0.361 e. The number of piperidine rings is 1. The van der Waals surface area contributed by atoms with Gasteiger partial charge in [-0.2, -0.15) is 4.98 Å². The number of fused-ring (bicyclic) bond motifs is 1. The highest BCUT2D eigenvalue weighted by Gasteiger charge is 2.28. The van der Waals surface area contributed by atoms with Crippen molar-refractivity contribution in [3.8, 4) is 0 Å². The van der Waals surface area contributed by atoms with Crippen LogP contribution in [0.25, 0.3) is 10.9 Å². The van der Waals surface area contributed by atoms with Crippen molar-refractivity contribution in [2.45, 2.75) is 39.0 Å². The molecule has 1 saturated heterocycles. The Morgan fingerprint density at radius 2 is 2.28 bits per heavy atom. The van der Waals surface area contributed by atoms with E-state index in [1.807, 2.05) is 11.1 Å². The van der Waals surface area contributed by atoms with Crippen molar-refractivity contribution in [1.82, 2.24) is 20.0 Å². The minimum atomic E-state index is 0.159. The molecule has 3 aromatic rings. The summed E-state index contributed by atoms with van der Waals surface area (Å²) >= 11 is 0. The van der Waals surface area contributed by atoms with Gasteiger partial charge in [-0.3, -0.25) is 4.79 Å². The van der Waals surface area contributed by atoms with Gasteiger partial charge in [-0.1, -0.05) is 17.3 Å². The number of amides is 1. The molecule has 25 heavy (non-hydrogen) atoms. The van der Waals surface area contributed by atoms with Crippen LogP contribution in [-0.2, 0) is 11.2 Å². The summed E-state index contributed by atoms with van der Waals surface area (Å²) in [5, 5.41) is 5.16. The van der Waals surface area contributed by atoms with Crippen LogP contribution in [0.1, 0.15) is 41.6 Å². The highest BCUT2D eigenvalue weighted by atomic mass is 16.5. The molecule has 0 bridgehead atoms. The molecule has 3 heterocycles. The summed E-state index contributed by atoms with van der Waals surface area (Å²) < 4.78 is 5.09. The first-order valence-corrected chi connectivity index (χ1v) is 8.75. The minimum absolute atomic E-state index is 0.159. The molecule has 0 saturated carbocycles. The fraction of sp³-hybridized carbons (Fsp3) is 0.421. The van der Waals surface area contributed by atoms with Crippen molar-refractivity contribution >= 4 is 16.8 Å². The van der Waals surface area contributed by atoms with E-state index in [0.29, 0.717) is 18.9 Å². The topological polar surface area (TPSA) is 75.0 Å². The number of aryl methyl sites for hydroxylation is 2. The molecule has 6 heteroatoms. The summed E-state index contributed by atoms with van der Waals surface area (Å²) in [7, 11) is 0. The fourth-order valence-corrected chi connectivity index (χ4v) is 3.62. The SMILES string of the molecule is Cc1ccc2c(CC(=O)N3CCC[C@H](c4noc(C)n4)C3)c[nH]c2c1. The Labute approximate surface area is 146 Å². The molecule has 1 fully saturated rings. The molecule has 1 aromatic carbocycles. The molecule has 1 atom stereocenters. The number of H-pyrrole nitrogens is 1. The van der Waals surface area contributed by atoms with Crippen LogP contribution in [0.2, 0.25) is 0 Å². The zero-order valence-corrected chi connectivity index (χ0v) is 14.6. The zero-order chi connectivity index (χ0) is 17.4. The van der Waals surface area contributed by atoms with Crippen molar-refractivity contribution in [2.75, 3.05) is 13.1 Å². The van der Waals surface area contributed by atoms with Gasteiger partial charge >= 0.3 is 0 Å². The van der Waals surface area contributed by atoms with Crippen molar-refractivity contribution in [1.29, 1.82) is 0 Å². The molecule has 1 aliphatic rings. The quantitative estimate of drug-likeness (QED) is 0.796. The van der Waals surface area contributed by atoms with Crippen molar-refractivity contribution in [2.24, 2.45) is 0 Å². The van der Waals surface area contributed by atoms with Gasteiger partial charge in [0.2, 0.25) is 11.8 Å². The summed E-state index contributed by atoms with van der Waals surface area (Å²) in [6, 6.07) is 6.28. The molecule has 0 aliphatic carbocycles. The predicted molar refractivity (Wildman–Crippen MR) is 94.3 cm³/mol. The van der Waals surface area contributed by atoms with Crippen molar-refractivity contribution < 1.29 is 9.32 Å². The number of nitrogens with zero attached hydrogens (tertiary/aromatic N) is 3. The molecule has 0 unspecified atom stereocenters. The maximum Gasteiger partial charge on any atom is 0.227 e. The van der Waals surface area contributed by atoms with Crippen LogP contribution in [0, 0.1) is 13.8 Å². The van der Waals surface area contributed by atoms with Crippen molar-refractivity contribution in [3.05, 3.63) is 47.2 Å². The lowest BCUT2D eigenvalue weighted by Crippen LogP contribution is -2.40. The Kier molecular flexibility index (Phi) is 4.03. The Bertz CT molecular complexity index is 911. The van der Waals surface area contributed by atoms with Crippen LogP contribution in [0.5, 0.6) is 0 Å². The molecule has 6 nitrogen and oxygen atoms in total. The number of likely N-dealkylation sites (tertiary alicyclic amines) is 1. The van der Waals surface area contributed by atoms with E-state index in [-0.39, 0.29) is 11.8 Å². The van der Waals surface area contributed by atoms with Gasteiger partial charge in [-0.25, -0.2) is 0 Å². The number of hydrogen-bond donors (Lipinski definition) is 1. The van der Waals surface area contributed by atoms with Crippen LogP contribution in [0.4, 0.5) is 0 Å². The van der Waals surface area contributed by atoms with E-state index in [1.54, 1.807) is 6.92 Å². The number of nitrogens with one attached hydrogen (secondary N) is 1. The van der Waals surface area contributed by atoms with E-state index < -0.39 is 0 Å². The highest BCUT2D eigenvalue weighted by Crippen LogP contribution is 2.26. The van der Waals surface area contributed by atoms with E-state index >= 15 is 0 Å². The first kappa shape index (κ1) is 15.9. The Hall–Kier alpha value is -2.63. The van der Waals surface area contributed by atoms with Gasteiger partial charge in [0, 0.05) is 43.0 Å². The Morgan fingerprint density at radius 1 is 1.40 bits per heavy atom.